The summed E-state index contributed by atoms with van der Waals surface area (Å²) in [4.78, 5) is 12.5. The maximum absolute atomic E-state index is 12.5. The second kappa shape index (κ2) is 7.18. The Labute approximate surface area is 145 Å². The molecule has 3 rings (SSSR count). The first-order valence-corrected chi connectivity index (χ1v) is 8.16. The Morgan fingerprint density at radius 2 is 1.91 bits per heavy atom. The molecule has 0 atom stereocenters. The summed E-state index contributed by atoms with van der Waals surface area (Å²) in [6.07, 6.45) is 3.06. The molecule has 0 aliphatic carbocycles. The van der Waals surface area contributed by atoms with Crippen LogP contribution in [0, 0.1) is 0 Å². The summed E-state index contributed by atoms with van der Waals surface area (Å²) in [6, 6.07) is 12.4. The van der Waals surface area contributed by atoms with Gasteiger partial charge in [-0.25, -0.2) is 0 Å². The van der Waals surface area contributed by atoms with Gasteiger partial charge in [-0.05, 0) is 48.9 Å². The molecule has 3 nitrogen and oxygen atoms in total. The van der Waals surface area contributed by atoms with Crippen LogP contribution in [0.4, 0.5) is 5.69 Å². The van der Waals surface area contributed by atoms with Gasteiger partial charge in [0.25, 0.3) is 5.91 Å². The van der Waals surface area contributed by atoms with Crippen LogP contribution in [0.5, 0.6) is 0 Å². The first kappa shape index (κ1) is 16.1. The average Bonchev–Trinajstić information content (AvgIpc) is 2.56. The summed E-state index contributed by atoms with van der Waals surface area (Å²) < 4.78 is 0. The molecule has 0 fully saturated rings. The molecule has 1 heterocycles. The Balaban J connectivity index is 1.91. The monoisotopic (exact) mass is 346 g/mol. The minimum absolute atomic E-state index is 0.203. The highest BCUT2D eigenvalue weighted by Crippen LogP contribution is 2.30. The molecule has 5 heteroatoms. The Morgan fingerprint density at radius 1 is 1.09 bits per heavy atom. The third kappa shape index (κ3) is 3.94. The SMILES string of the molecule is O=C(Nc1cc(Cl)ccc1C1=CCNCC1)c1cccc(Cl)c1. The van der Waals surface area contributed by atoms with Gasteiger partial charge in [-0.1, -0.05) is 41.4 Å². The van der Waals surface area contributed by atoms with Crippen molar-refractivity contribution in [2.45, 2.75) is 6.42 Å². The van der Waals surface area contributed by atoms with Crippen molar-refractivity contribution in [1.82, 2.24) is 5.32 Å². The summed E-state index contributed by atoms with van der Waals surface area (Å²) in [6.45, 7) is 1.76. The van der Waals surface area contributed by atoms with Crippen LogP contribution < -0.4 is 10.6 Å². The number of rotatable bonds is 3. The number of anilines is 1. The molecule has 2 aromatic carbocycles. The fraction of sp³-hybridized carbons (Fsp3) is 0.167. The smallest absolute Gasteiger partial charge is 0.255 e. The van der Waals surface area contributed by atoms with Crippen molar-refractivity contribution in [1.29, 1.82) is 0 Å². The second-order valence-electron chi connectivity index (χ2n) is 5.34. The van der Waals surface area contributed by atoms with E-state index in [-0.39, 0.29) is 5.91 Å². The number of hydrogen-bond acceptors (Lipinski definition) is 2. The van der Waals surface area contributed by atoms with Crippen LogP contribution in [0.1, 0.15) is 22.3 Å². The van der Waals surface area contributed by atoms with E-state index in [9.17, 15) is 4.79 Å². The predicted octanol–water partition coefficient (Wildman–Crippen LogP) is 4.62. The summed E-state index contributed by atoms with van der Waals surface area (Å²) in [5, 5.41) is 7.35. The van der Waals surface area contributed by atoms with Crippen molar-refractivity contribution in [3.63, 3.8) is 0 Å². The van der Waals surface area contributed by atoms with Crippen molar-refractivity contribution in [2.75, 3.05) is 18.4 Å². The van der Waals surface area contributed by atoms with Crippen LogP contribution in [0.15, 0.2) is 48.5 Å². The molecule has 1 aliphatic heterocycles. The molecule has 0 radical (unpaired) electrons. The van der Waals surface area contributed by atoms with Gasteiger partial charge in [0.1, 0.15) is 0 Å². The van der Waals surface area contributed by atoms with Crippen molar-refractivity contribution in [3.05, 3.63) is 69.7 Å². The van der Waals surface area contributed by atoms with E-state index in [1.807, 2.05) is 12.1 Å². The number of carbonyl (C=O) groups excluding carboxylic acids is 1. The molecule has 23 heavy (non-hydrogen) atoms. The van der Waals surface area contributed by atoms with Crippen LogP contribution in [-0.4, -0.2) is 19.0 Å². The van der Waals surface area contributed by atoms with Gasteiger partial charge in [0, 0.05) is 27.7 Å². The Morgan fingerprint density at radius 3 is 2.65 bits per heavy atom. The molecule has 0 aromatic heterocycles. The maximum Gasteiger partial charge on any atom is 0.255 e. The number of carbonyl (C=O) groups is 1. The van der Waals surface area contributed by atoms with Crippen LogP contribution in [-0.2, 0) is 0 Å². The minimum atomic E-state index is -0.203. The summed E-state index contributed by atoms with van der Waals surface area (Å²) in [5.41, 5.74) is 3.45. The number of halogens is 2. The van der Waals surface area contributed by atoms with Gasteiger partial charge in [0.15, 0.2) is 0 Å². The van der Waals surface area contributed by atoms with Crippen LogP contribution in [0.3, 0.4) is 0 Å². The molecule has 2 aromatic rings. The van der Waals surface area contributed by atoms with Gasteiger partial charge in [-0.2, -0.15) is 0 Å². The van der Waals surface area contributed by atoms with Crippen molar-refractivity contribution in [3.8, 4) is 0 Å². The van der Waals surface area contributed by atoms with E-state index >= 15 is 0 Å². The number of benzene rings is 2. The van der Waals surface area contributed by atoms with E-state index in [0.29, 0.717) is 15.6 Å². The van der Waals surface area contributed by atoms with Gasteiger partial charge in [-0.3, -0.25) is 4.79 Å². The average molecular weight is 347 g/mol. The maximum atomic E-state index is 12.5. The lowest BCUT2D eigenvalue weighted by Gasteiger charge is -2.18. The largest absolute Gasteiger partial charge is 0.321 e. The molecule has 118 valence electrons. The van der Waals surface area contributed by atoms with E-state index in [1.165, 1.54) is 5.57 Å². The zero-order valence-corrected chi connectivity index (χ0v) is 13.9. The van der Waals surface area contributed by atoms with Gasteiger partial charge in [0.05, 0.1) is 5.69 Å². The molecule has 1 aliphatic rings. The number of nitrogens with one attached hydrogen (secondary N) is 2. The molecule has 1 amide bonds. The van der Waals surface area contributed by atoms with Crippen molar-refractivity contribution in [2.24, 2.45) is 0 Å². The Kier molecular flexibility index (Phi) is 5.01. The normalized spacial score (nSPS) is 14.3. The first-order valence-electron chi connectivity index (χ1n) is 7.40. The van der Waals surface area contributed by atoms with Crippen LogP contribution >= 0.6 is 23.2 Å². The van der Waals surface area contributed by atoms with E-state index < -0.39 is 0 Å². The predicted molar refractivity (Wildman–Crippen MR) is 96.3 cm³/mol. The minimum Gasteiger partial charge on any atom is -0.321 e. The van der Waals surface area contributed by atoms with Crippen molar-refractivity contribution >= 4 is 40.4 Å². The summed E-state index contributed by atoms with van der Waals surface area (Å²) >= 11 is 12.1. The standard InChI is InChI=1S/C18H16Cl2N2O/c19-14-3-1-2-13(10-14)18(23)22-17-11-15(20)4-5-16(17)12-6-8-21-9-7-12/h1-6,10-11,21H,7-9H2,(H,22,23). The Bertz CT molecular complexity index is 771. The van der Waals surface area contributed by atoms with E-state index in [4.69, 9.17) is 23.2 Å². The highest BCUT2D eigenvalue weighted by atomic mass is 35.5. The van der Waals surface area contributed by atoms with Gasteiger partial charge < -0.3 is 10.6 Å². The second-order valence-corrected chi connectivity index (χ2v) is 6.21. The van der Waals surface area contributed by atoms with E-state index in [1.54, 1.807) is 30.3 Å². The van der Waals surface area contributed by atoms with Crippen molar-refractivity contribution < 1.29 is 4.79 Å². The summed E-state index contributed by atoms with van der Waals surface area (Å²) in [7, 11) is 0. The molecule has 0 saturated heterocycles. The zero-order valence-electron chi connectivity index (χ0n) is 12.4. The molecule has 0 unspecified atom stereocenters. The number of amides is 1. The molecule has 0 spiro atoms. The van der Waals surface area contributed by atoms with Crippen LogP contribution in [0.2, 0.25) is 10.0 Å². The summed E-state index contributed by atoms with van der Waals surface area (Å²) in [5.74, 6) is -0.203. The highest BCUT2D eigenvalue weighted by molar-refractivity contribution is 6.31. The highest BCUT2D eigenvalue weighted by Gasteiger charge is 2.14. The number of hydrogen-bond donors (Lipinski definition) is 2. The molecular formula is C18H16Cl2N2O. The fourth-order valence-corrected chi connectivity index (χ4v) is 2.95. The molecule has 2 N–H and O–H groups in total. The van der Waals surface area contributed by atoms with E-state index in [2.05, 4.69) is 16.7 Å². The quantitative estimate of drug-likeness (QED) is 0.850. The first-order chi connectivity index (χ1) is 11.1. The van der Waals surface area contributed by atoms with Gasteiger partial charge in [0.2, 0.25) is 0 Å². The molecular weight excluding hydrogens is 331 g/mol. The Hall–Kier alpha value is -1.81. The van der Waals surface area contributed by atoms with Gasteiger partial charge >= 0.3 is 0 Å². The molecule has 0 saturated carbocycles. The van der Waals surface area contributed by atoms with Gasteiger partial charge in [-0.15, -0.1) is 0 Å². The fourth-order valence-electron chi connectivity index (χ4n) is 2.59. The third-order valence-corrected chi connectivity index (χ3v) is 4.20. The molecule has 0 bridgehead atoms. The zero-order chi connectivity index (χ0) is 16.2. The van der Waals surface area contributed by atoms with Crippen LogP contribution in [0.25, 0.3) is 5.57 Å². The topological polar surface area (TPSA) is 41.1 Å². The van der Waals surface area contributed by atoms with E-state index in [0.717, 1.165) is 30.8 Å². The third-order valence-electron chi connectivity index (χ3n) is 3.73. The lowest BCUT2D eigenvalue weighted by Crippen LogP contribution is -2.20. The lowest BCUT2D eigenvalue weighted by molar-refractivity contribution is 0.102. The lowest BCUT2D eigenvalue weighted by atomic mass is 9.98.